The lowest BCUT2D eigenvalue weighted by Gasteiger charge is -2.27. The lowest BCUT2D eigenvalue weighted by molar-refractivity contribution is 0.0674. The second-order valence-electron chi connectivity index (χ2n) is 5.13. The normalized spacial score (nSPS) is 25.4. The van der Waals surface area contributed by atoms with Gasteiger partial charge in [-0.05, 0) is 18.6 Å². The van der Waals surface area contributed by atoms with Gasteiger partial charge in [-0.15, -0.1) is 24.0 Å². The molecule has 2 fully saturated rings. The highest BCUT2D eigenvalue weighted by molar-refractivity contribution is 14.0. The van der Waals surface area contributed by atoms with Gasteiger partial charge in [-0.25, -0.2) is 9.38 Å². The van der Waals surface area contributed by atoms with E-state index in [2.05, 4.69) is 4.99 Å². The summed E-state index contributed by atoms with van der Waals surface area (Å²) < 4.78 is 19.1. The van der Waals surface area contributed by atoms with Crippen LogP contribution >= 0.6 is 35.6 Å². The van der Waals surface area contributed by atoms with Gasteiger partial charge in [0, 0.05) is 29.6 Å². The molecule has 21 heavy (non-hydrogen) atoms. The summed E-state index contributed by atoms with van der Waals surface area (Å²) in [5.41, 5.74) is 6.57. The fourth-order valence-corrected chi connectivity index (χ4v) is 2.85. The van der Waals surface area contributed by atoms with Crippen molar-refractivity contribution in [2.24, 2.45) is 10.7 Å². The van der Waals surface area contributed by atoms with Crippen LogP contribution in [0.25, 0.3) is 0 Å². The first-order valence-corrected chi connectivity index (χ1v) is 7.14. The Labute approximate surface area is 145 Å². The van der Waals surface area contributed by atoms with Crippen molar-refractivity contribution in [1.29, 1.82) is 0 Å². The Kier molecular flexibility index (Phi) is 5.67. The SMILES string of the molecule is I.NC(=NC1CC1c1c(F)cccc1Cl)N1CCOCC1. The minimum absolute atomic E-state index is 0. The lowest BCUT2D eigenvalue weighted by Crippen LogP contribution is -2.45. The maximum absolute atomic E-state index is 13.8. The average Bonchev–Trinajstić information content (AvgIpc) is 3.18. The number of nitrogens with zero attached hydrogens (tertiary/aromatic N) is 2. The van der Waals surface area contributed by atoms with Crippen molar-refractivity contribution in [3.63, 3.8) is 0 Å². The molecule has 0 aromatic heterocycles. The van der Waals surface area contributed by atoms with Crippen LogP contribution in [0.2, 0.25) is 5.02 Å². The quantitative estimate of drug-likeness (QED) is 0.450. The molecule has 2 unspecified atom stereocenters. The van der Waals surface area contributed by atoms with Crippen molar-refractivity contribution < 1.29 is 9.13 Å². The molecule has 7 heteroatoms. The van der Waals surface area contributed by atoms with Gasteiger partial charge >= 0.3 is 0 Å². The maximum atomic E-state index is 13.8. The van der Waals surface area contributed by atoms with E-state index in [0.29, 0.717) is 29.8 Å². The summed E-state index contributed by atoms with van der Waals surface area (Å²) in [5, 5.41) is 0.470. The third-order valence-corrected chi connectivity index (χ3v) is 4.09. The van der Waals surface area contributed by atoms with Crippen molar-refractivity contribution in [1.82, 2.24) is 4.90 Å². The minimum Gasteiger partial charge on any atom is -0.378 e. The van der Waals surface area contributed by atoms with Crippen LogP contribution in [0.3, 0.4) is 0 Å². The third-order valence-electron chi connectivity index (χ3n) is 3.76. The Bertz CT molecular complexity index is 517. The average molecular weight is 426 g/mol. The number of ether oxygens (including phenoxy) is 1. The van der Waals surface area contributed by atoms with Crippen molar-refractivity contribution in [3.8, 4) is 0 Å². The molecule has 0 spiro atoms. The lowest BCUT2D eigenvalue weighted by atomic mass is 10.1. The molecule has 2 aliphatic rings. The van der Waals surface area contributed by atoms with Gasteiger partial charge in [0.25, 0.3) is 0 Å². The molecule has 0 amide bonds. The summed E-state index contributed by atoms with van der Waals surface area (Å²) in [4.78, 5) is 6.49. The molecular weight excluding hydrogens is 408 g/mol. The number of hydrogen-bond acceptors (Lipinski definition) is 2. The summed E-state index contributed by atoms with van der Waals surface area (Å²) in [5.74, 6) is 0.307. The zero-order valence-electron chi connectivity index (χ0n) is 11.5. The highest BCUT2D eigenvalue weighted by Crippen LogP contribution is 2.47. The summed E-state index contributed by atoms with van der Waals surface area (Å²) in [6.07, 6.45) is 0.797. The number of guanidine groups is 1. The monoisotopic (exact) mass is 425 g/mol. The first-order valence-electron chi connectivity index (χ1n) is 6.76. The van der Waals surface area contributed by atoms with E-state index in [-0.39, 0.29) is 41.8 Å². The van der Waals surface area contributed by atoms with Crippen LogP contribution in [0, 0.1) is 5.82 Å². The number of halogens is 3. The zero-order chi connectivity index (χ0) is 14.1. The standard InChI is InChI=1S/C14H17ClFN3O.HI/c15-10-2-1-3-11(16)13(10)9-8-12(9)18-14(17)19-4-6-20-7-5-19;/h1-3,9,12H,4-8H2,(H2,17,18);1H. The second-order valence-corrected chi connectivity index (χ2v) is 5.54. The molecule has 2 N–H and O–H groups in total. The summed E-state index contributed by atoms with van der Waals surface area (Å²) in [6, 6.07) is 4.80. The largest absolute Gasteiger partial charge is 0.378 e. The Balaban J connectivity index is 0.00000161. The van der Waals surface area contributed by atoms with Crippen molar-refractivity contribution in [2.75, 3.05) is 26.3 Å². The Morgan fingerprint density at radius 3 is 2.76 bits per heavy atom. The van der Waals surface area contributed by atoms with E-state index >= 15 is 0 Å². The zero-order valence-corrected chi connectivity index (χ0v) is 14.6. The first kappa shape index (κ1) is 16.8. The van der Waals surface area contributed by atoms with Gasteiger partial charge in [-0.3, -0.25) is 0 Å². The Hall–Kier alpha value is -0.600. The van der Waals surface area contributed by atoms with Crippen LogP contribution in [0.5, 0.6) is 0 Å². The highest BCUT2D eigenvalue weighted by atomic mass is 127. The van der Waals surface area contributed by atoms with Crippen molar-refractivity contribution in [3.05, 3.63) is 34.6 Å². The van der Waals surface area contributed by atoms with Crippen LogP contribution in [0.15, 0.2) is 23.2 Å². The molecule has 0 bridgehead atoms. The number of nitrogens with two attached hydrogens (primary N) is 1. The first-order chi connectivity index (χ1) is 9.66. The van der Waals surface area contributed by atoms with Crippen LogP contribution in [0.1, 0.15) is 17.9 Å². The van der Waals surface area contributed by atoms with E-state index in [1.54, 1.807) is 12.1 Å². The molecule has 3 rings (SSSR count). The maximum Gasteiger partial charge on any atom is 0.191 e. The fraction of sp³-hybridized carbons (Fsp3) is 0.500. The van der Waals surface area contributed by atoms with Crippen LogP contribution < -0.4 is 5.73 Å². The molecule has 116 valence electrons. The van der Waals surface area contributed by atoms with E-state index in [4.69, 9.17) is 22.1 Å². The molecule has 1 heterocycles. The minimum atomic E-state index is -0.259. The van der Waals surface area contributed by atoms with E-state index in [1.807, 2.05) is 4.90 Å². The number of aliphatic imine (C=N–C) groups is 1. The van der Waals surface area contributed by atoms with Gasteiger partial charge in [-0.1, -0.05) is 17.7 Å². The van der Waals surface area contributed by atoms with E-state index < -0.39 is 0 Å². The van der Waals surface area contributed by atoms with E-state index in [1.165, 1.54) is 6.07 Å². The predicted molar refractivity (Wildman–Crippen MR) is 92.0 cm³/mol. The van der Waals surface area contributed by atoms with Gasteiger partial charge < -0.3 is 15.4 Å². The molecule has 1 aromatic carbocycles. The number of hydrogen-bond donors (Lipinski definition) is 1. The molecular formula is C14H18ClFIN3O. The van der Waals surface area contributed by atoms with Gasteiger partial charge in [0.1, 0.15) is 5.82 Å². The fourth-order valence-electron chi connectivity index (χ4n) is 2.54. The van der Waals surface area contributed by atoms with Gasteiger partial charge in [0.2, 0.25) is 0 Å². The number of benzene rings is 1. The number of rotatable bonds is 2. The number of morpholine rings is 1. The predicted octanol–water partition coefficient (Wildman–Crippen LogP) is 2.60. The van der Waals surface area contributed by atoms with Gasteiger partial charge in [-0.2, -0.15) is 0 Å². The summed E-state index contributed by atoms with van der Waals surface area (Å²) >= 11 is 6.07. The van der Waals surface area contributed by atoms with Gasteiger partial charge in [0.05, 0.1) is 19.3 Å². The van der Waals surface area contributed by atoms with E-state index in [9.17, 15) is 4.39 Å². The van der Waals surface area contributed by atoms with Crippen LogP contribution in [0.4, 0.5) is 4.39 Å². The summed E-state index contributed by atoms with van der Waals surface area (Å²) in [7, 11) is 0. The van der Waals surface area contributed by atoms with Crippen LogP contribution in [-0.4, -0.2) is 43.2 Å². The van der Waals surface area contributed by atoms with E-state index in [0.717, 1.165) is 19.5 Å². The van der Waals surface area contributed by atoms with Crippen molar-refractivity contribution >= 4 is 41.5 Å². The second kappa shape index (κ2) is 7.11. The topological polar surface area (TPSA) is 50.8 Å². The molecule has 1 aliphatic heterocycles. The Morgan fingerprint density at radius 1 is 1.38 bits per heavy atom. The van der Waals surface area contributed by atoms with Crippen LogP contribution in [-0.2, 0) is 4.74 Å². The summed E-state index contributed by atoms with van der Waals surface area (Å²) in [6.45, 7) is 2.85. The molecule has 1 saturated heterocycles. The molecule has 1 aliphatic carbocycles. The smallest absolute Gasteiger partial charge is 0.191 e. The molecule has 2 atom stereocenters. The molecule has 0 radical (unpaired) electrons. The van der Waals surface area contributed by atoms with Crippen molar-refractivity contribution in [2.45, 2.75) is 18.4 Å². The molecule has 4 nitrogen and oxygen atoms in total. The highest BCUT2D eigenvalue weighted by Gasteiger charge is 2.41. The Morgan fingerprint density at radius 2 is 2.10 bits per heavy atom. The third kappa shape index (κ3) is 3.78. The molecule has 1 saturated carbocycles. The van der Waals surface area contributed by atoms with Gasteiger partial charge in [0.15, 0.2) is 5.96 Å². The molecule has 1 aromatic rings.